The van der Waals surface area contributed by atoms with Crippen LogP contribution in [0.4, 0.5) is 0 Å². The van der Waals surface area contributed by atoms with Crippen LogP contribution in [0.25, 0.3) is 0 Å². The first kappa shape index (κ1) is 16.2. The van der Waals surface area contributed by atoms with E-state index in [2.05, 4.69) is 6.92 Å². The molecule has 0 aromatic rings. The highest BCUT2D eigenvalue weighted by molar-refractivity contribution is 5.09. The highest BCUT2D eigenvalue weighted by Crippen LogP contribution is 2.61. The molecular weight excluding hydrogens is 298 g/mol. The van der Waals surface area contributed by atoms with E-state index in [1.54, 1.807) is 0 Å². The quantitative estimate of drug-likeness (QED) is 0.802. The van der Waals surface area contributed by atoms with Gasteiger partial charge in [0.15, 0.2) is 17.7 Å². The summed E-state index contributed by atoms with van der Waals surface area (Å²) in [6, 6.07) is 0. The fraction of sp³-hybridized carbons (Fsp3) is 1.00. The molecule has 0 aromatic carbocycles. The topological polar surface area (TPSA) is 72.2 Å². The predicted octanol–water partition coefficient (Wildman–Crippen LogP) is 2.31. The molecule has 1 aliphatic carbocycles. The van der Waals surface area contributed by atoms with Crippen molar-refractivity contribution in [1.29, 1.82) is 0 Å². The summed E-state index contributed by atoms with van der Waals surface area (Å²) in [6.45, 7) is 7.09. The Morgan fingerprint density at radius 3 is 2.74 bits per heavy atom. The average molecular weight is 327 g/mol. The Morgan fingerprint density at radius 1 is 1.13 bits per heavy atom. The molecule has 0 radical (unpaired) electrons. The fourth-order valence-electron chi connectivity index (χ4n) is 5.15. The van der Waals surface area contributed by atoms with Gasteiger partial charge in [-0.3, -0.25) is 0 Å². The maximum absolute atomic E-state index is 6.39. The van der Waals surface area contributed by atoms with Crippen molar-refractivity contribution in [3.63, 3.8) is 0 Å². The molecule has 5 fully saturated rings. The van der Waals surface area contributed by atoms with Gasteiger partial charge in [-0.1, -0.05) is 13.3 Å². The molecule has 4 aliphatic heterocycles. The van der Waals surface area contributed by atoms with E-state index in [0.717, 1.165) is 25.7 Å². The van der Waals surface area contributed by atoms with Crippen LogP contribution in [-0.2, 0) is 24.0 Å². The molecule has 132 valence electrons. The maximum Gasteiger partial charge on any atom is 0.201 e. The van der Waals surface area contributed by atoms with E-state index >= 15 is 0 Å². The summed E-state index contributed by atoms with van der Waals surface area (Å²) in [6.07, 6.45) is 4.88. The molecule has 2 N–H and O–H groups in total. The van der Waals surface area contributed by atoms with E-state index in [4.69, 9.17) is 29.7 Å². The second-order valence-electron chi connectivity index (χ2n) is 7.94. The summed E-state index contributed by atoms with van der Waals surface area (Å²) in [5.74, 6) is -0.538. The minimum atomic E-state index is -0.729. The molecule has 1 saturated carbocycles. The van der Waals surface area contributed by atoms with Crippen molar-refractivity contribution in [2.45, 2.75) is 76.3 Å². The summed E-state index contributed by atoms with van der Waals surface area (Å²) in [5.41, 5.74) is 5.13. The van der Waals surface area contributed by atoms with Gasteiger partial charge in [0.1, 0.15) is 0 Å². The maximum atomic E-state index is 6.39. The van der Waals surface area contributed by atoms with Gasteiger partial charge >= 0.3 is 0 Å². The van der Waals surface area contributed by atoms with Crippen molar-refractivity contribution in [2.75, 3.05) is 13.2 Å². The molecule has 1 spiro atoms. The third-order valence-electron chi connectivity index (χ3n) is 6.60. The zero-order valence-electron chi connectivity index (χ0n) is 14.4. The molecule has 5 rings (SSSR count). The lowest BCUT2D eigenvalue weighted by Gasteiger charge is -2.61. The average Bonchev–Trinajstić information content (AvgIpc) is 2.75. The number of hydrogen-bond donors (Lipinski definition) is 1. The normalized spacial score (nSPS) is 55.3. The van der Waals surface area contributed by atoms with Crippen LogP contribution in [-0.4, -0.2) is 36.6 Å². The van der Waals surface area contributed by atoms with Crippen LogP contribution < -0.4 is 5.73 Å². The Labute approximate surface area is 137 Å². The van der Waals surface area contributed by atoms with Crippen molar-refractivity contribution in [1.82, 2.24) is 0 Å². The smallest absolute Gasteiger partial charge is 0.201 e. The number of fused-ring (bicyclic) bond motifs is 2. The molecule has 5 aliphatic rings. The zero-order chi connectivity index (χ0) is 16.3. The van der Waals surface area contributed by atoms with Crippen molar-refractivity contribution in [3.8, 4) is 0 Å². The Bertz CT molecular complexity index is 476. The number of rotatable bonds is 3. The Morgan fingerprint density at radius 2 is 1.96 bits per heavy atom. The molecule has 23 heavy (non-hydrogen) atoms. The molecule has 4 saturated heterocycles. The second kappa shape index (κ2) is 5.38. The molecule has 0 amide bonds. The van der Waals surface area contributed by atoms with Crippen molar-refractivity contribution in [2.24, 2.45) is 23.5 Å². The lowest BCUT2D eigenvalue weighted by atomic mass is 9.60. The molecule has 4 heterocycles. The summed E-state index contributed by atoms with van der Waals surface area (Å²) in [5, 5.41) is 0. The van der Waals surface area contributed by atoms with Gasteiger partial charge in [-0.15, -0.1) is 0 Å². The minimum Gasteiger partial charge on any atom is -0.348 e. The summed E-state index contributed by atoms with van der Waals surface area (Å²) in [4.78, 5) is 11.8. The Hall–Kier alpha value is -0.240. The highest BCUT2D eigenvalue weighted by Gasteiger charge is 2.70. The third-order valence-corrected chi connectivity index (χ3v) is 6.60. The Kier molecular flexibility index (Phi) is 3.80. The van der Waals surface area contributed by atoms with Crippen LogP contribution in [0.1, 0.15) is 52.9 Å². The third kappa shape index (κ3) is 2.23. The van der Waals surface area contributed by atoms with E-state index < -0.39 is 23.5 Å². The van der Waals surface area contributed by atoms with Crippen LogP contribution in [0.3, 0.4) is 0 Å². The number of nitrogens with two attached hydrogens (primary N) is 1. The largest absolute Gasteiger partial charge is 0.348 e. The predicted molar refractivity (Wildman–Crippen MR) is 81.9 cm³/mol. The molecule has 7 atom stereocenters. The van der Waals surface area contributed by atoms with Crippen molar-refractivity contribution in [3.05, 3.63) is 0 Å². The molecule has 6 heteroatoms. The van der Waals surface area contributed by atoms with Crippen molar-refractivity contribution >= 4 is 0 Å². The van der Waals surface area contributed by atoms with Gasteiger partial charge in [0, 0.05) is 24.8 Å². The van der Waals surface area contributed by atoms with Gasteiger partial charge in [0.05, 0.1) is 6.61 Å². The zero-order valence-corrected chi connectivity index (χ0v) is 14.4. The van der Waals surface area contributed by atoms with E-state index in [0.29, 0.717) is 25.0 Å². The summed E-state index contributed by atoms with van der Waals surface area (Å²) < 4.78 is 18.7. The van der Waals surface area contributed by atoms with Gasteiger partial charge < -0.3 is 19.9 Å². The van der Waals surface area contributed by atoms with E-state index in [1.165, 1.54) is 6.42 Å². The monoisotopic (exact) mass is 327 g/mol. The number of ether oxygens (including phenoxy) is 3. The number of hydrogen-bond acceptors (Lipinski definition) is 6. The molecule has 2 unspecified atom stereocenters. The van der Waals surface area contributed by atoms with Gasteiger partial charge in [-0.2, -0.15) is 0 Å². The van der Waals surface area contributed by atoms with Crippen LogP contribution in [0.2, 0.25) is 0 Å². The van der Waals surface area contributed by atoms with Gasteiger partial charge in [-0.25, -0.2) is 9.78 Å². The van der Waals surface area contributed by atoms with Crippen LogP contribution in [0, 0.1) is 17.8 Å². The molecule has 2 bridgehead atoms. The van der Waals surface area contributed by atoms with E-state index in [-0.39, 0.29) is 5.92 Å². The van der Waals surface area contributed by atoms with Crippen molar-refractivity contribution < 1.29 is 24.0 Å². The summed E-state index contributed by atoms with van der Waals surface area (Å²) >= 11 is 0. The highest BCUT2D eigenvalue weighted by atomic mass is 17.3. The van der Waals surface area contributed by atoms with Crippen LogP contribution >= 0.6 is 0 Å². The first-order valence-corrected chi connectivity index (χ1v) is 9.00. The summed E-state index contributed by atoms with van der Waals surface area (Å²) in [7, 11) is 0. The molecule has 0 aromatic heterocycles. The lowest BCUT2D eigenvalue weighted by molar-refractivity contribution is -0.584. The SMILES string of the molecule is C[C@@H]1[C@@H]2CCCC3CC[C@@]4(C)OOC32[C@@H](O4)O[C@]1(C)OCCN. The molecular formula is C17H29NO5. The Balaban J connectivity index is 1.72. The second-order valence-corrected chi connectivity index (χ2v) is 7.94. The molecule has 6 nitrogen and oxygen atoms in total. The lowest BCUT2D eigenvalue weighted by Crippen LogP contribution is -2.72. The van der Waals surface area contributed by atoms with E-state index in [1.807, 2.05) is 13.8 Å². The first-order chi connectivity index (χ1) is 10.9. The first-order valence-electron chi connectivity index (χ1n) is 9.00. The van der Waals surface area contributed by atoms with Crippen LogP contribution in [0.15, 0.2) is 0 Å². The van der Waals surface area contributed by atoms with Gasteiger partial charge in [-0.05, 0) is 39.0 Å². The van der Waals surface area contributed by atoms with Crippen LogP contribution in [0.5, 0.6) is 0 Å². The van der Waals surface area contributed by atoms with E-state index in [9.17, 15) is 0 Å². The van der Waals surface area contributed by atoms with Gasteiger partial charge in [0.2, 0.25) is 5.79 Å². The minimum absolute atomic E-state index is 0.183. The standard InChI is InChI=1S/C17H29NO5/c1-11-13-6-4-5-12-7-8-15(2)20-14(17(12,13)23-22-15)21-16(11,3)19-10-9-18/h11-14H,4-10,18H2,1-3H3/t11-,12?,13+,14+,15-,16+,17?/m1/s1. The van der Waals surface area contributed by atoms with Gasteiger partial charge in [0.25, 0.3) is 0 Å². The fourth-order valence-corrected chi connectivity index (χ4v) is 5.15.